The van der Waals surface area contributed by atoms with Gasteiger partial charge in [0.1, 0.15) is 0 Å². The molecule has 1 atom stereocenters. The number of esters is 1. The van der Waals surface area contributed by atoms with Crippen molar-refractivity contribution in [3.8, 4) is 0 Å². The molecule has 0 saturated carbocycles. The molecule has 0 aliphatic carbocycles. The maximum atomic E-state index is 11.6. The lowest BCUT2D eigenvalue weighted by Gasteiger charge is -2.13. The van der Waals surface area contributed by atoms with Gasteiger partial charge in [0.2, 0.25) is 0 Å². The smallest absolute Gasteiger partial charge is 0.330 e. The van der Waals surface area contributed by atoms with Gasteiger partial charge in [-0.2, -0.15) is 0 Å². The molecule has 1 radical (unpaired) electrons. The minimum Gasteiger partial charge on any atom is -0.462 e. The highest BCUT2D eigenvalue weighted by Crippen LogP contribution is 2.13. The zero-order valence-electron chi connectivity index (χ0n) is 11.9. The molecular formula is C17H23O2. The molecule has 0 heterocycles. The van der Waals surface area contributed by atoms with E-state index in [0.29, 0.717) is 12.5 Å². The lowest BCUT2D eigenvalue weighted by molar-refractivity contribution is -0.139. The predicted octanol–water partition coefficient (Wildman–Crippen LogP) is 4.26. The van der Waals surface area contributed by atoms with E-state index in [1.54, 1.807) is 6.08 Å². The van der Waals surface area contributed by atoms with Crippen molar-refractivity contribution in [3.05, 3.63) is 42.0 Å². The first-order valence-corrected chi connectivity index (χ1v) is 7.07. The van der Waals surface area contributed by atoms with Crippen LogP contribution in [0.1, 0.15) is 45.1 Å². The zero-order valence-corrected chi connectivity index (χ0v) is 11.9. The van der Waals surface area contributed by atoms with E-state index in [2.05, 4.69) is 19.9 Å². The maximum Gasteiger partial charge on any atom is 0.330 e. The summed E-state index contributed by atoms with van der Waals surface area (Å²) in [6.07, 6.45) is 7.82. The number of benzene rings is 1. The molecule has 2 heteroatoms. The van der Waals surface area contributed by atoms with E-state index in [9.17, 15) is 4.79 Å². The first-order valence-electron chi connectivity index (χ1n) is 7.07. The largest absolute Gasteiger partial charge is 0.462 e. The SMILES string of the molecule is CCCCC(CC)COC(=O)C=Cc1c[c]ccc1. The molecule has 0 N–H and O–H groups in total. The Morgan fingerprint density at radius 3 is 2.95 bits per heavy atom. The van der Waals surface area contributed by atoms with Gasteiger partial charge in [0, 0.05) is 6.08 Å². The van der Waals surface area contributed by atoms with E-state index in [1.165, 1.54) is 18.9 Å². The van der Waals surface area contributed by atoms with Crippen molar-refractivity contribution in [2.45, 2.75) is 39.5 Å². The van der Waals surface area contributed by atoms with Gasteiger partial charge in [0.15, 0.2) is 0 Å². The molecular weight excluding hydrogens is 236 g/mol. The van der Waals surface area contributed by atoms with Crippen LogP contribution >= 0.6 is 0 Å². The van der Waals surface area contributed by atoms with Crippen LogP contribution in [0, 0.1) is 12.0 Å². The van der Waals surface area contributed by atoms with Crippen LogP contribution < -0.4 is 0 Å². The summed E-state index contributed by atoms with van der Waals surface area (Å²) in [5.74, 6) is 0.223. The van der Waals surface area contributed by atoms with E-state index < -0.39 is 0 Å². The summed E-state index contributed by atoms with van der Waals surface area (Å²) >= 11 is 0. The second-order valence-electron chi connectivity index (χ2n) is 4.72. The van der Waals surface area contributed by atoms with Gasteiger partial charge in [-0.1, -0.05) is 51.3 Å². The quantitative estimate of drug-likeness (QED) is 0.515. The number of hydrogen-bond acceptors (Lipinski definition) is 2. The Bertz CT molecular complexity index is 382. The fraction of sp³-hybridized carbons (Fsp3) is 0.471. The van der Waals surface area contributed by atoms with E-state index in [1.807, 2.05) is 24.3 Å². The Kier molecular flexibility index (Phi) is 7.64. The predicted molar refractivity (Wildman–Crippen MR) is 78.6 cm³/mol. The van der Waals surface area contributed by atoms with Crippen LogP contribution in [-0.4, -0.2) is 12.6 Å². The molecule has 0 fully saturated rings. The van der Waals surface area contributed by atoms with Gasteiger partial charge in [-0.15, -0.1) is 0 Å². The van der Waals surface area contributed by atoms with Crippen molar-refractivity contribution in [2.75, 3.05) is 6.61 Å². The second-order valence-corrected chi connectivity index (χ2v) is 4.72. The number of hydrogen-bond donors (Lipinski definition) is 0. The average molecular weight is 259 g/mol. The average Bonchev–Trinajstić information content (AvgIpc) is 2.46. The van der Waals surface area contributed by atoms with Crippen LogP contribution in [0.5, 0.6) is 0 Å². The first-order chi connectivity index (χ1) is 9.26. The van der Waals surface area contributed by atoms with Crippen LogP contribution in [-0.2, 0) is 9.53 Å². The van der Waals surface area contributed by atoms with Gasteiger partial charge in [0.25, 0.3) is 0 Å². The van der Waals surface area contributed by atoms with Gasteiger partial charge < -0.3 is 4.74 Å². The summed E-state index contributed by atoms with van der Waals surface area (Å²) in [5, 5.41) is 0. The van der Waals surface area contributed by atoms with Crippen LogP contribution in [0.2, 0.25) is 0 Å². The van der Waals surface area contributed by atoms with E-state index in [4.69, 9.17) is 4.74 Å². The summed E-state index contributed by atoms with van der Waals surface area (Å²) in [6, 6.07) is 10.4. The Morgan fingerprint density at radius 2 is 2.32 bits per heavy atom. The van der Waals surface area contributed by atoms with Crippen LogP contribution in [0.15, 0.2) is 30.3 Å². The zero-order chi connectivity index (χ0) is 13.9. The minimum absolute atomic E-state index is 0.265. The van der Waals surface area contributed by atoms with Crippen molar-refractivity contribution < 1.29 is 9.53 Å². The first kappa shape index (κ1) is 15.5. The third-order valence-corrected chi connectivity index (χ3v) is 3.15. The summed E-state index contributed by atoms with van der Waals surface area (Å²) in [4.78, 5) is 11.6. The molecule has 0 aliphatic heterocycles. The van der Waals surface area contributed by atoms with Crippen LogP contribution in [0.4, 0.5) is 0 Å². The number of ether oxygens (including phenoxy) is 1. The van der Waals surface area contributed by atoms with Crippen molar-refractivity contribution in [1.29, 1.82) is 0 Å². The fourth-order valence-corrected chi connectivity index (χ4v) is 1.82. The fourth-order valence-electron chi connectivity index (χ4n) is 1.82. The van der Waals surface area contributed by atoms with Crippen LogP contribution in [0.25, 0.3) is 6.08 Å². The molecule has 0 aromatic heterocycles. The Labute approximate surface area is 116 Å². The van der Waals surface area contributed by atoms with Gasteiger partial charge in [-0.25, -0.2) is 4.79 Å². The maximum absolute atomic E-state index is 11.6. The Morgan fingerprint density at radius 1 is 1.47 bits per heavy atom. The highest BCUT2D eigenvalue weighted by molar-refractivity contribution is 5.86. The molecule has 0 spiro atoms. The third kappa shape index (κ3) is 6.80. The van der Waals surface area contributed by atoms with Crippen molar-refractivity contribution in [3.63, 3.8) is 0 Å². The van der Waals surface area contributed by atoms with Gasteiger partial charge in [0.05, 0.1) is 6.61 Å². The standard InChI is InChI=1S/C17H23O2/c1-3-5-9-15(4-2)14-19-17(18)13-12-16-10-7-6-8-11-16/h6-7,10-13,15H,3-5,9,14H2,1-2H3. The summed E-state index contributed by atoms with van der Waals surface area (Å²) in [7, 11) is 0. The van der Waals surface area contributed by atoms with E-state index >= 15 is 0 Å². The van der Waals surface area contributed by atoms with Crippen LogP contribution in [0.3, 0.4) is 0 Å². The van der Waals surface area contributed by atoms with Crippen molar-refractivity contribution >= 4 is 12.0 Å². The molecule has 0 aliphatic rings. The van der Waals surface area contributed by atoms with Crippen molar-refractivity contribution in [2.24, 2.45) is 5.92 Å². The highest BCUT2D eigenvalue weighted by Gasteiger charge is 2.08. The van der Waals surface area contributed by atoms with E-state index in [-0.39, 0.29) is 5.97 Å². The van der Waals surface area contributed by atoms with Crippen molar-refractivity contribution in [1.82, 2.24) is 0 Å². The minimum atomic E-state index is -0.265. The molecule has 1 unspecified atom stereocenters. The van der Waals surface area contributed by atoms with Gasteiger partial charge in [-0.05, 0) is 36.1 Å². The molecule has 0 bridgehead atoms. The summed E-state index contributed by atoms with van der Waals surface area (Å²) < 4.78 is 5.28. The number of carbonyl (C=O) groups is 1. The third-order valence-electron chi connectivity index (χ3n) is 3.15. The Balaban J connectivity index is 2.32. The van der Waals surface area contributed by atoms with Gasteiger partial charge >= 0.3 is 5.97 Å². The molecule has 1 rings (SSSR count). The molecule has 1 aromatic rings. The monoisotopic (exact) mass is 259 g/mol. The Hall–Kier alpha value is -1.57. The summed E-state index contributed by atoms with van der Waals surface area (Å²) in [5.41, 5.74) is 0.956. The number of carbonyl (C=O) groups excluding carboxylic acids is 1. The molecule has 0 amide bonds. The molecule has 0 saturated heterocycles. The summed E-state index contributed by atoms with van der Waals surface area (Å²) in [6.45, 7) is 4.85. The lowest BCUT2D eigenvalue weighted by Crippen LogP contribution is -2.12. The molecule has 103 valence electrons. The second kappa shape index (κ2) is 9.37. The van der Waals surface area contributed by atoms with Gasteiger partial charge in [-0.3, -0.25) is 0 Å². The highest BCUT2D eigenvalue weighted by atomic mass is 16.5. The molecule has 2 nitrogen and oxygen atoms in total. The molecule has 19 heavy (non-hydrogen) atoms. The lowest BCUT2D eigenvalue weighted by atomic mass is 10.0. The van der Waals surface area contributed by atoms with E-state index in [0.717, 1.165) is 18.4 Å². The normalized spacial score (nSPS) is 12.5. The number of unbranched alkanes of at least 4 members (excludes halogenated alkanes) is 1. The topological polar surface area (TPSA) is 26.3 Å². The number of rotatable bonds is 8. The molecule has 1 aromatic carbocycles.